The molecule has 1 aromatic carbocycles. The molecule has 0 aliphatic heterocycles. The summed E-state index contributed by atoms with van der Waals surface area (Å²) in [5, 5.41) is 3.93. The lowest BCUT2D eigenvalue weighted by Crippen LogP contribution is -2.11. The Bertz CT molecular complexity index is 1050. The number of aromatic nitrogens is 3. The maximum absolute atomic E-state index is 13.1. The second kappa shape index (κ2) is 7.27. The molecule has 0 aliphatic rings. The van der Waals surface area contributed by atoms with Gasteiger partial charge in [0, 0.05) is 12.3 Å². The van der Waals surface area contributed by atoms with Gasteiger partial charge in [0.2, 0.25) is 9.84 Å². The van der Waals surface area contributed by atoms with Gasteiger partial charge in [0.1, 0.15) is 5.69 Å². The van der Waals surface area contributed by atoms with Gasteiger partial charge < -0.3 is 4.74 Å². The van der Waals surface area contributed by atoms with Crippen molar-refractivity contribution in [3.63, 3.8) is 0 Å². The molecule has 0 radical (unpaired) electrons. The number of esters is 1. The fraction of sp³-hybridized carbons (Fsp3) is 0.118. The van der Waals surface area contributed by atoms with Crippen molar-refractivity contribution in [2.75, 3.05) is 6.61 Å². The van der Waals surface area contributed by atoms with Gasteiger partial charge in [0.25, 0.3) is 0 Å². The molecule has 0 fully saturated rings. The smallest absolute Gasteiger partial charge is 0.358 e. The van der Waals surface area contributed by atoms with Crippen molar-refractivity contribution in [1.82, 2.24) is 14.8 Å². The number of halogens is 1. The Labute approximate surface area is 155 Å². The molecule has 134 valence electrons. The molecule has 0 N–H and O–H groups in total. The van der Waals surface area contributed by atoms with Crippen molar-refractivity contribution in [3.05, 3.63) is 65.6 Å². The van der Waals surface area contributed by atoms with E-state index in [2.05, 4.69) is 10.1 Å². The standard InChI is InChI=1S/C17H14ClN3O4S/c1-2-25-17(22)13-11-15(26(23,24)12-7-4-3-5-8-12)21(20-13)14-9-6-10-19-16(14)18/h3-11H,2H2,1H3. The Kier molecular flexibility index (Phi) is 5.06. The molecule has 0 atom stereocenters. The minimum Gasteiger partial charge on any atom is -0.461 e. The monoisotopic (exact) mass is 391 g/mol. The highest BCUT2D eigenvalue weighted by molar-refractivity contribution is 7.91. The number of ether oxygens (including phenoxy) is 1. The Morgan fingerprint density at radius 1 is 1.19 bits per heavy atom. The summed E-state index contributed by atoms with van der Waals surface area (Å²) in [5.74, 6) is -0.726. The van der Waals surface area contributed by atoms with Crippen LogP contribution in [0.15, 0.2) is 64.6 Å². The van der Waals surface area contributed by atoms with Crippen LogP contribution in [0, 0.1) is 0 Å². The Morgan fingerprint density at radius 2 is 1.92 bits per heavy atom. The predicted molar refractivity (Wildman–Crippen MR) is 94.2 cm³/mol. The van der Waals surface area contributed by atoms with E-state index in [4.69, 9.17) is 16.3 Å². The van der Waals surface area contributed by atoms with E-state index in [1.54, 1.807) is 37.3 Å². The number of nitrogens with zero attached hydrogens (tertiary/aromatic N) is 3. The first-order valence-corrected chi connectivity index (χ1v) is 9.49. The Morgan fingerprint density at radius 3 is 2.58 bits per heavy atom. The highest BCUT2D eigenvalue weighted by Crippen LogP contribution is 2.27. The molecule has 0 saturated carbocycles. The van der Waals surface area contributed by atoms with Gasteiger partial charge in [0.15, 0.2) is 15.9 Å². The largest absolute Gasteiger partial charge is 0.461 e. The molecule has 3 rings (SSSR count). The fourth-order valence-corrected chi connectivity index (χ4v) is 3.88. The topological polar surface area (TPSA) is 91.2 Å². The van der Waals surface area contributed by atoms with Crippen molar-refractivity contribution in [1.29, 1.82) is 0 Å². The fourth-order valence-electron chi connectivity index (χ4n) is 2.29. The van der Waals surface area contributed by atoms with E-state index < -0.39 is 15.8 Å². The normalized spacial score (nSPS) is 11.3. The number of carbonyl (C=O) groups is 1. The molecule has 0 aliphatic carbocycles. The molecular formula is C17H14ClN3O4S. The lowest BCUT2D eigenvalue weighted by molar-refractivity contribution is 0.0519. The van der Waals surface area contributed by atoms with Gasteiger partial charge in [-0.2, -0.15) is 5.10 Å². The molecule has 0 saturated heterocycles. The van der Waals surface area contributed by atoms with E-state index in [0.717, 1.165) is 4.68 Å². The lowest BCUT2D eigenvalue weighted by atomic mass is 10.4. The zero-order valence-electron chi connectivity index (χ0n) is 13.7. The second-order valence-electron chi connectivity index (χ2n) is 5.13. The second-order valence-corrected chi connectivity index (χ2v) is 7.38. The molecule has 0 amide bonds. The summed E-state index contributed by atoms with van der Waals surface area (Å²) in [6.45, 7) is 1.79. The minimum atomic E-state index is -3.96. The summed E-state index contributed by atoms with van der Waals surface area (Å²) >= 11 is 6.09. The molecule has 2 heterocycles. The minimum absolute atomic E-state index is 0.0514. The molecule has 0 bridgehead atoms. The van der Waals surface area contributed by atoms with Crippen LogP contribution in [0.3, 0.4) is 0 Å². The Balaban J connectivity index is 2.24. The molecule has 9 heteroatoms. The van der Waals surface area contributed by atoms with Gasteiger partial charge in [0.05, 0.1) is 11.5 Å². The number of rotatable bonds is 5. The summed E-state index contributed by atoms with van der Waals surface area (Å²) in [4.78, 5) is 16.1. The maximum Gasteiger partial charge on any atom is 0.358 e. The maximum atomic E-state index is 13.1. The number of carbonyl (C=O) groups excluding carboxylic acids is 1. The summed E-state index contributed by atoms with van der Waals surface area (Å²) in [6, 6.07) is 12.2. The number of hydrogen-bond donors (Lipinski definition) is 0. The van der Waals surface area contributed by atoms with E-state index >= 15 is 0 Å². The highest BCUT2D eigenvalue weighted by atomic mass is 35.5. The van der Waals surface area contributed by atoms with E-state index in [1.807, 2.05) is 0 Å². The quantitative estimate of drug-likeness (QED) is 0.490. The van der Waals surface area contributed by atoms with Crippen LogP contribution in [0.25, 0.3) is 5.69 Å². The van der Waals surface area contributed by atoms with Crippen LogP contribution < -0.4 is 0 Å². The number of pyridine rings is 1. The van der Waals surface area contributed by atoms with Crippen molar-refractivity contribution < 1.29 is 17.9 Å². The van der Waals surface area contributed by atoms with Crippen LogP contribution in [0.4, 0.5) is 0 Å². The van der Waals surface area contributed by atoms with Crippen LogP contribution >= 0.6 is 11.6 Å². The van der Waals surface area contributed by atoms with Crippen molar-refractivity contribution in [2.45, 2.75) is 16.8 Å². The first-order chi connectivity index (χ1) is 12.4. The van der Waals surface area contributed by atoms with Gasteiger partial charge in [-0.3, -0.25) is 0 Å². The van der Waals surface area contributed by atoms with E-state index in [1.165, 1.54) is 24.4 Å². The number of benzene rings is 1. The number of sulfone groups is 1. The first kappa shape index (κ1) is 18.1. The van der Waals surface area contributed by atoms with Crippen molar-refractivity contribution >= 4 is 27.4 Å². The van der Waals surface area contributed by atoms with Gasteiger partial charge in [-0.05, 0) is 31.2 Å². The van der Waals surface area contributed by atoms with E-state index in [0.29, 0.717) is 0 Å². The van der Waals surface area contributed by atoms with Crippen LogP contribution in [0.5, 0.6) is 0 Å². The van der Waals surface area contributed by atoms with Crippen LogP contribution in [-0.4, -0.2) is 35.8 Å². The first-order valence-electron chi connectivity index (χ1n) is 7.63. The SMILES string of the molecule is CCOC(=O)c1cc(S(=O)(=O)c2ccccc2)n(-c2cccnc2Cl)n1. The van der Waals surface area contributed by atoms with Gasteiger partial charge in [-0.1, -0.05) is 29.8 Å². The lowest BCUT2D eigenvalue weighted by Gasteiger charge is -2.09. The zero-order valence-corrected chi connectivity index (χ0v) is 15.2. The van der Waals surface area contributed by atoms with Gasteiger partial charge in [-0.25, -0.2) is 22.9 Å². The summed E-state index contributed by atoms with van der Waals surface area (Å²) in [5.41, 5.74) is 0.0977. The van der Waals surface area contributed by atoms with E-state index in [9.17, 15) is 13.2 Å². The summed E-state index contributed by atoms with van der Waals surface area (Å²) < 4.78 is 32.1. The average Bonchev–Trinajstić information content (AvgIpc) is 3.09. The zero-order chi connectivity index (χ0) is 18.7. The number of hydrogen-bond acceptors (Lipinski definition) is 6. The van der Waals surface area contributed by atoms with Gasteiger partial charge in [-0.15, -0.1) is 0 Å². The summed E-state index contributed by atoms with van der Waals surface area (Å²) in [6.07, 6.45) is 1.47. The molecule has 0 unspecified atom stereocenters. The average molecular weight is 392 g/mol. The third kappa shape index (κ3) is 3.33. The van der Waals surface area contributed by atoms with Crippen molar-refractivity contribution in [2.24, 2.45) is 0 Å². The molecular weight excluding hydrogens is 378 g/mol. The third-order valence-corrected chi connectivity index (χ3v) is 5.48. The molecule has 3 aromatic rings. The van der Waals surface area contributed by atoms with Crippen LogP contribution in [0.1, 0.15) is 17.4 Å². The van der Waals surface area contributed by atoms with Gasteiger partial charge >= 0.3 is 5.97 Å². The van der Waals surface area contributed by atoms with Crippen molar-refractivity contribution in [3.8, 4) is 5.69 Å². The molecule has 2 aromatic heterocycles. The van der Waals surface area contributed by atoms with Crippen LogP contribution in [0.2, 0.25) is 5.15 Å². The third-order valence-electron chi connectivity index (χ3n) is 3.46. The van der Waals surface area contributed by atoms with Crippen LogP contribution in [-0.2, 0) is 14.6 Å². The molecule has 26 heavy (non-hydrogen) atoms. The highest BCUT2D eigenvalue weighted by Gasteiger charge is 2.28. The van der Waals surface area contributed by atoms with E-state index in [-0.39, 0.29) is 33.1 Å². The predicted octanol–water partition coefficient (Wildman–Crippen LogP) is 2.93. The summed E-state index contributed by atoms with van der Waals surface area (Å²) in [7, 11) is -3.96. The molecule has 0 spiro atoms. The Hall–Kier alpha value is -2.71. The molecule has 7 nitrogen and oxygen atoms in total.